The predicted molar refractivity (Wildman–Crippen MR) is 100 cm³/mol. The fraction of sp³-hybridized carbons (Fsp3) is 0.500. The summed E-state index contributed by atoms with van der Waals surface area (Å²) in [7, 11) is 0. The topological polar surface area (TPSA) is 0 Å². The average Bonchev–Trinajstić information content (AvgIpc) is 2.69. The van der Waals surface area contributed by atoms with Gasteiger partial charge in [-0.15, -0.1) is 0 Å². The number of hydrogen-bond acceptors (Lipinski definition) is 0. The van der Waals surface area contributed by atoms with Crippen LogP contribution in [0.15, 0.2) is 54.6 Å². The Labute approximate surface area is 146 Å². The number of rotatable bonds is 1. The van der Waals surface area contributed by atoms with Crippen LogP contribution in [0.2, 0.25) is 0 Å². The summed E-state index contributed by atoms with van der Waals surface area (Å²) >= 11 is 0. The van der Waals surface area contributed by atoms with Crippen molar-refractivity contribution in [1.82, 2.24) is 0 Å². The molecule has 0 aromatic heterocycles. The van der Waals surface area contributed by atoms with Crippen molar-refractivity contribution in [2.75, 3.05) is 0 Å². The van der Waals surface area contributed by atoms with Crippen molar-refractivity contribution < 1.29 is 0 Å². The van der Waals surface area contributed by atoms with Crippen molar-refractivity contribution in [3.63, 3.8) is 0 Å². The zero-order valence-electron chi connectivity index (χ0n) is 14.6. The summed E-state index contributed by atoms with van der Waals surface area (Å²) in [6, 6.07) is 21.0. The highest BCUT2D eigenvalue weighted by molar-refractivity contribution is 5.49. The molecule has 0 heterocycles. The van der Waals surface area contributed by atoms with E-state index in [0.29, 0.717) is 0 Å². The second kappa shape index (κ2) is 5.76. The molecule has 2 aromatic carbocycles. The molecular formula is C24H28. The van der Waals surface area contributed by atoms with Crippen LogP contribution >= 0.6 is 0 Å². The second-order valence-electron chi connectivity index (χ2n) is 8.33. The van der Waals surface area contributed by atoms with E-state index in [1.165, 1.54) is 51.4 Å². The molecule has 0 N–H and O–H groups in total. The predicted octanol–water partition coefficient (Wildman–Crippen LogP) is 6.45. The molecule has 0 unspecified atom stereocenters. The largest absolute Gasteiger partial charge is 0.0622 e. The van der Waals surface area contributed by atoms with Crippen molar-refractivity contribution >= 4 is 0 Å². The summed E-state index contributed by atoms with van der Waals surface area (Å²) in [6.07, 6.45) is 11.4. The molecule has 24 heavy (non-hydrogen) atoms. The molecule has 5 rings (SSSR count). The summed E-state index contributed by atoms with van der Waals surface area (Å²) in [5, 5.41) is 0. The lowest BCUT2D eigenvalue weighted by molar-refractivity contribution is 0.0852. The quantitative estimate of drug-likeness (QED) is 0.567. The van der Waals surface area contributed by atoms with Gasteiger partial charge in [-0.1, -0.05) is 80.3 Å². The third-order valence-corrected chi connectivity index (χ3v) is 7.44. The molecule has 0 nitrogen and oxygen atoms in total. The van der Waals surface area contributed by atoms with Crippen LogP contribution in [0.5, 0.6) is 0 Å². The van der Waals surface area contributed by atoms with Gasteiger partial charge in [0.1, 0.15) is 0 Å². The fourth-order valence-corrected chi connectivity index (χ4v) is 6.62. The van der Waals surface area contributed by atoms with E-state index in [1.807, 2.05) is 0 Å². The van der Waals surface area contributed by atoms with Gasteiger partial charge in [-0.25, -0.2) is 0 Å². The number of fused-ring (bicyclic) bond motifs is 6. The highest BCUT2D eigenvalue weighted by Gasteiger charge is 2.53. The minimum Gasteiger partial charge on any atom is -0.0622 e. The van der Waals surface area contributed by atoms with E-state index in [9.17, 15) is 0 Å². The Morgan fingerprint density at radius 1 is 0.708 bits per heavy atom. The van der Waals surface area contributed by atoms with Crippen molar-refractivity contribution in [2.24, 2.45) is 11.8 Å². The third kappa shape index (κ3) is 1.98. The number of hydrogen-bond donors (Lipinski definition) is 0. The van der Waals surface area contributed by atoms with Gasteiger partial charge in [-0.2, -0.15) is 0 Å². The van der Waals surface area contributed by atoms with Crippen LogP contribution in [0.4, 0.5) is 0 Å². The standard InChI is InChI=1S/C24H28/c1-2-10-18(11-3-1)24-17-9-8-16-23(24)20-13-5-4-12-19(20)21-14-6-7-15-22(21)24/h1-3,6-7,10-11,14-15,19-20,23H,4-5,8-9,12-13,16-17H2/t19-,20-,23+,24-/m1/s1. The molecule has 3 aliphatic rings. The van der Waals surface area contributed by atoms with E-state index in [2.05, 4.69) is 54.6 Å². The van der Waals surface area contributed by atoms with Crippen molar-refractivity contribution in [1.29, 1.82) is 0 Å². The zero-order valence-corrected chi connectivity index (χ0v) is 14.6. The van der Waals surface area contributed by atoms with Crippen LogP contribution in [0.25, 0.3) is 0 Å². The summed E-state index contributed by atoms with van der Waals surface area (Å²) in [4.78, 5) is 0. The monoisotopic (exact) mass is 316 g/mol. The zero-order chi connectivity index (χ0) is 16.0. The minimum absolute atomic E-state index is 0.286. The van der Waals surface area contributed by atoms with Crippen molar-refractivity contribution in [3.8, 4) is 0 Å². The summed E-state index contributed by atoms with van der Waals surface area (Å²) < 4.78 is 0. The molecule has 0 amide bonds. The van der Waals surface area contributed by atoms with Gasteiger partial charge in [-0.05, 0) is 60.1 Å². The Hall–Kier alpha value is -1.56. The van der Waals surface area contributed by atoms with E-state index in [0.717, 1.165) is 17.8 Å². The Morgan fingerprint density at radius 3 is 2.38 bits per heavy atom. The maximum Gasteiger partial charge on any atom is 0.0236 e. The Balaban J connectivity index is 1.77. The van der Waals surface area contributed by atoms with Crippen LogP contribution in [0, 0.1) is 11.8 Å². The molecule has 2 fully saturated rings. The molecule has 0 saturated heterocycles. The van der Waals surface area contributed by atoms with Crippen LogP contribution in [-0.4, -0.2) is 0 Å². The van der Waals surface area contributed by atoms with Gasteiger partial charge < -0.3 is 0 Å². The molecule has 2 aromatic rings. The molecule has 4 atom stereocenters. The lowest BCUT2D eigenvalue weighted by Crippen LogP contribution is -2.49. The van der Waals surface area contributed by atoms with Gasteiger partial charge >= 0.3 is 0 Å². The first kappa shape index (κ1) is 14.8. The first-order valence-corrected chi connectivity index (χ1v) is 10.1. The summed E-state index contributed by atoms with van der Waals surface area (Å²) in [6.45, 7) is 0. The van der Waals surface area contributed by atoms with Crippen LogP contribution < -0.4 is 0 Å². The van der Waals surface area contributed by atoms with E-state index in [4.69, 9.17) is 0 Å². The summed E-state index contributed by atoms with van der Waals surface area (Å²) in [5.74, 6) is 2.60. The minimum atomic E-state index is 0.286. The smallest absolute Gasteiger partial charge is 0.0236 e. The molecule has 0 spiro atoms. The normalized spacial score (nSPS) is 34.8. The Morgan fingerprint density at radius 2 is 1.46 bits per heavy atom. The molecule has 0 heteroatoms. The fourth-order valence-electron chi connectivity index (χ4n) is 6.62. The molecule has 2 saturated carbocycles. The SMILES string of the molecule is c1ccc([C@@]23CCCC[C@H]2[C@@H]2CCCC[C@H]2c2ccccc23)cc1. The first-order valence-electron chi connectivity index (χ1n) is 10.1. The maximum absolute atomic E-state index is 2.48. The summed E-state index contributed by atoms with van der Waals surface area (Å²) in [5.41, 5.74) is 5.26. The molecule has 124 valence electrons. The third-order valence-electron chi connectivity index (χ3n) is 7.44. The average molecular weight is 316 g/mol. The lowest BCUT2D eigenvalue weighted by Gasteiger charge is -2.56. The lowest BCUT2D eigenvalue weighted by atomic mass is 9.47. The molecular weight excluding hydrogens is 288 g/mol. The van der Waals surface area contributed by atoms with Gasteiger partial charge in [0.15, 0.2) is 0 Å². The Bertz CT molecular complexity index is 716. The van der Waals surface area contributed by atoms with E-state index in [-0.39, 0.29) is 5.41 Å². The molecule has 0 radical (unpaired) electrons. The second-order valence-corrected chi connectivity index (χ2v) is 8.33. The van der Waals surface area contributed by atoms with Crippen LogP contribution in [0.1, 0.15) is 74.0 Å². The van der Waals surface area contributed by atoms with Gasteiger partial charge in [0, 0.05) is 5.41 Å². The van der Waals surface area contributed by atoms with Gasteiger partial charge in [-0.3, -0.25) is 0 Å². The van der Waals surface area contributed by atoms with Gasteiger partial charge in [0.2, 0.25) is 0 Å². The van der Waals surface area contributed by atoms with Crippen LogP contribution in [-0.2, 0) is 5.41 Å². The van der Waals surface area contributed by atoms with Gasteiger partial charge in [0.25, 0.3) is 0 Å². The van der Waals surface area contributed by atoms with Gasteiger partial charge in [0.05, 0.1) is 0 Å². The molecule has 3 aliphatic carbocycles. The first-order chi connectivity index (χ1) is 11.9. The Kier molecular flexibility index (Phi) is 3.54. The maximum atomic E-state index is 2.48. The highest BCUT2D eigenvalue weighted by atomic mass is 14.6. The van der Waals surface area contributed by atoms with Crippen LogP contribution in [0.3, 0.4) is 0 Å². The van der Waals surface area contributed by atoms with E-state index >= 15 is 0 Å². The van der Waals surface area contributed by atoms with Crippen molar-refractivity contribution in [3.05, 3.63) is 71.3 Å². The highest BCUT2D eigenvalue weighted by Crippen LogP contribution is 2.61. The van der Waals surface area contributed by atoms with E-state index in [1.54, 1.807) is 16.7 Å². The van der Waals surface area contributed by atoms with E-state index < -0.39 is 0 Å². The van der Waals surface area contributed by atoms with Crippen molar-refractivity contribution in [2.45, 2.75) is 62.7 Å². The molecule has 0 aliphatic heterocycles. The molecule has 0 bridgehead atoms. The number of benzene rings is 2.